The third-order valence-corrected chi connectivity index (χ3v) is 3.54. The minimum absolute atomic E-state index is 0.624. The highest BCUT2D eigenvalue weighted by Crippen LogP contribution is 2.31. The molecule has 18 heavy (non-hydrogen) atoms. The van der Waals surface area contributed by atoms with E-state index < -0.39 is 0 Å². The van der Waals surface area contributed by atoms with Crippen LogP contribution in [0.1, 0.15) is 37.4 Å². The Hall–Kier alpha value is -1.84. The third-order valence-electron chi connectivity index (χ3n) is 3.54. The molecule has 2 heterocycles. The summed E-state index contributed by atoms with van der Waals surface area (Å²) in [6.07, 6.45) is 11.0. The van der Waals surface area contributed by atoms with Crippen molar-refractivity contribution in [3.63, 3.8) is 0 Å². The molecular formula is C14H18N4. The summed E-state index contributed by atoms with van der Waals surface area (Å²) in [7, 11) is 0. The van der Waals surface area contributed by atoms with E-state index >= 15 is 0 Å². The third kappa shape index (κ3) is 2.37. The number of nitrogens with zero attached hydrogens (tertiary/aromatic N) is 3. The van der Waals surface area contributed by atoms with Crippen LogP contribution in [0.5, 0.6) is 0 Å². The molecule has 1 fully saturated rings. The van der Waals surface area contributed by atoms with Gasteiger partial charge in [-0.15, -0.1) is 0 Å². The van der Waals surface area contributed by atoms with E-state index in [1.165, 1.54) is 25.7 Å². The zero-order valence-corrected chi connectivity index (χ0v) is 10.4. The molecule has 0 bridgehead atoms. The largest absolute Gasteiger partial charge is 0.350 e. The van der Waals surface area contributed by atoms with E-state index in [2.05, 4.69) is 26.0 Å². The van der Waals surface area contributed by atoms with Crippen molar-refractivity contribution >= 4 is 5.95 Å². The zero-order valence-electron chi connectivity index (χ0n) is 10.4. The van der Waals surface area contributed by atoms with Crippen molar-refractivity contribution in [1.82, 2.24) is 14.5 Å². The van der Waals surface area contributed by atoms with Crippen LogP contribution in [0.2, 0.25) is 0 Å². The quantitative estimate of drug-likeness (QED) is 0.896. The average Bonchev–Trinajstić information content (AvgIpc) is 3.08. The molecule has 0 saturated heterocycles. The Kier molecular flexibility index (Phi) is 3.26. The van der Waals surface area contributed by atoms with Crippen molar-refractivity contribution in [2.45, 2.75) is 38.3 Å². The number of aromatic nitrogens is 3. The Labute approximate surface area is 107 Å². The predicted octanol–water partition coefficient (Wildman–Crippen LogP) is 3.01. The molecule has 0 aliphatic heterocycles. The van der Waals surface area contributed by atoms with Gasteiger partial charge in [0.15, 0.2) is 0 Å². The Morgan fingerprint density at radius 2 is 2.06 bits per heavy atom. The molecule has 0 atom stereocenters. The minimum Gasteiger partial charge on any atom is -0.350 e. The molecule has 2 aromatic heterocycles. The molecule has 1 aliphatic carbocycles. The second-order valence-electron chi connectivity index (χ2n) is 4.77. The van der Waals surface area contributed by atoms with Crippen LogP contribution in [-0.2, 0) is 6.54 Å². The summed E-state index contributed by atoms with van der Waals surface area (Å²) in [5.41, 5.74) is 1.04. The Morgan fingerprint density at radius 1 is 1.17 bits per heavy atom. The summed E-state index contributed by atoms with van der Waals surface area (Å²) < 4.78 is 2.27. The van der Waals surface area contributed by atoms with Gasteiger partial charge < -0.3 is 9.88 Å². The second-order valence-corrected chi connectivity index (χ2v) is 4.77. The topological polar surface area (TPSA) is 42.7 Å². The number of imidazole rings is 1. The monoisotopic (exact) mass is 242 g/mol. The van der Waals surface area contributed by atoms with Gasteiger partial charge >= 0.3 is 0 Å². The van der Waals surface area contributed by atoms with E-state index in [9.17, 15) is 0 Å². The molecule has 1 aliphatic rings. The van der Waals surface area contributed by atoms with Gasteiger partial charge in [-0.3, -0.25) is 4.98 Å². The number of rotatable bonds is 4. The molecule has 2 aromatic rings. The fourth-order valence-electron chi connectivity index (χ4n) is 2.60. The van der Waals surface area contributed by atoms with Gasteiger partial charge in [0.25, 0.3) is 0 Å². The summed E-state index contributed by atoms with van der Waals surface area (Å²) in [5.74, 6) is 0.965. The highest BCUT2D eigenvalue weighted by atomic mass is 15.2. The number of nitrogens with one attached hydrogen (secondary N) is 1. The number of anilines is 1. The summed E-state index contributed by atoms with van der Waals surface area (Å²) >= 11 is 0. The van der Waals surface area contributed by atoms with Gasteiger partial charge in [0, 0.05) is 24.6 Å². The molecule has 1 saturated carbocycles. The highest BCUT2D eigenvalue weighted by Gasteiger charge is 2.18. The lowest BCUT2D eigenvalue weighted by Gasteiger charge is -2.15. The molecule has 0 unspecified atom stereocenters. The van der Waals surface area contributed by atoms with Crippen LogP contribution >= 0.6 is 0 Å². The Morgan fingerprint density at radius 3 is 2.83 bits per heavy atom. The van der Waals surface area contributed by atoms with E-state index in [0.29, 0.717) is 6.04 Å². The van der Waals surface area contributed by atoms with Gasteiger partial charge in [-0.2, -0.15) is 0 Å². The van der Waals surface area contributed by atoms with Crippen molar-refractivity contribution in [1.29, 1.82) is 0 Å². The van der Waals surface area contributed by atoms with Crippen LogP contribution in [-0.4, -0.2) is 14.5 Å². The van der Waals surface area contributed by atoms with Crippen molar-refractivity contribution in [3.05, 3.63) is 42.5 Å². The van der Waals surface area contributed by atoms with Crippen molar-refractivity contribution in [2.24, 2.45) is 0 Å². The lowest BCUT2D eigenvalue weighted by atomic mass is 10.2. The van der Waals surface area contributed by atoms with E-state index in [1.54, 1.807) is 0 Å². The highest BCUT2D eigenvalue weighted by molar-refractivity contribution is 5.28. The minimum atomic E-state index is 0.624. The van der Waals surface area contributed by atoms with E-state index in [1.807, 2.05) is 30.6 Å². The summed E-state index contributed by atoms with van der Waals surface area (Å²) in [5, 5.41) is 3.38. The summed E-state index contributed by atoms with van der Waals surface area (Å²) in [6.45, 7) is 0.727. The fraction of sp³-hybridized carbons (Fsp3) is 0.429. The fourth-order valence-corrected chi connectivity index (χ4v) is 2.60. The Balaban J connectivity index is 1.68. The first-order valence-electron chi connectivity index (χ1n) is 6.60. The zero-order chi connectivity index (χ0) is 12.2. The van der Waals surface area contributed by atoms with Crippen molar-refractivity contribution < 1.29 is 0 Å². The average molecular weight is 242 g/mol. The van der Waals surface area contributed by atoms with E-state index in [4.69, 9.17) is 0 Å². The first-order valence-corrected chi connectivity index (χ1v) is 6.60. The predicted molar refractivity (Wildman–Crippen MR) is 71.3 cm³/mol. The SMILES string of the molecule is c1ccc(CNc2nccn2C2CCCC2)nc1. The Bertz CT molecular complexity index is 486. The maximum atomic E-state index is 4.40. The van der Waals surface area contributed by atoms with Gasteiger partial charge in [-0.05, 0) is 25.0 Å². The molecule has 1 N–H and O–H groups in total. The molecule has 0 aromatic carbocycles. The molecule has 4 nitrogen and oxygen atoms in total. The number of hydrogen-bond donors (Lipinski definition) is 1. The first-order chi connectivity index (χ1) is 8.93. The molecule has 0 amide bonds. The van der Waals surface area contributed by atoms with Crippen LogP contribution in [0.4, 0.5) is 5.95 Å². The molecular weight excluding hydrogens is 224 g/mol. The van der Waals surface area contributed by atoms with Gasteiger partial charge in [-0.1, -0.05) is 18.9 Å². The maximum Gasteiger partial charge on any atom is 0.203 e. The van der Waals surface area contributed by atoms with E-state index in [0.717, 1.165) is 18.2 Å². The molecule has 94 valence electrons. The molecule has 4 heteroatoms. The van der Waals surface area contributed by atoms with Crippen LogP contribution in [0, 0.1) is 0 Å². The summed E-state index contributed by atoms with van der Waals surface area (Å²) in [6, 6.07) is 6.59. The maximum absolute atomic E-state index is 4.40. The van der Waals surface area contributed by atoms with Crippen LogP contribution in [0.15, 0.2) is 36.8 Å². The molecule has 0 radical (unpaired) electrons. The van der Waals surface area contributed by atoms with Gasteiger partial charge in [-0.25, -0.2) is 4.98 Å². The molecule has 0 spiro atoms. The summed E-state index contributed by atoms with van der Waals surface area (Å²) in [4.78, 5) is 8.71. The normalized spacial score (nSPS) is 16.0. The number of hydrogen-bond acceptors (Lipinski definition) is 3. The first kappa shape index (κ1) is 11.3. The van der Waals surface area contributed by atoms with Crippen molar-refractivity contribution in [2.75, 3.05) is 5.32 Å². The van der Waals surface area contributed by atoms with Crippen LogP contribution < -0.4 is 5.32 Å². The smallest absolute Gasteiger partial charge is 0.203 e. The lowest BCUT2D eigenvalue weighted by Crippen LogP contribution is -2.11. The van der Waals surface area contributed by atoms with Crippen LogP contribution in [0.25, 0.3) is 0 Å². The van der Waals surface area contributed by atoms with Crippen molar-refractivity contribution in [3.8, 4) is 0 Å². The van der Waals surface area contributed by atoms with Gasteiger partial charge in [0.05, 0.1) is 12.2 Å². The standard InChI is InChI=1S/C14H18N4/c1-2-7-13(6-1)18-10-9-16-14(18)17-11-12-5-3-4-8-15-12/h3-5,8-10,13H,1-2,6-7,11H2,(H,16,17). The number of pyridine rings is 1. The van der Waals surface area contributed by atoms with Gasteiger partial charge in [0.2, 0.25) is 5.95 Å². The molecule has 3 rings (SSSR count). The van der Waals surface area contributed by atoms with Crippen LogP contribution in [0.3, 0.4) is 0 Å². The second kappa shape index (κ2) is 5.21. The lowest BCUT2D eigenvalue weighted by molar-refractivity contribution is 0.523. The van der Waals surface area contributed by atoms with E-state index in [-0.39, 0.29) is 0 Å². The van der Waals surface area contributed by atoms with Gasteiger partial charge in [0.1, 0.15) is 0 Å².